The Hall–Kier alpha value is -3.15. The number of amides is 1. The van der Waals surface area contributed by atoms with Gasteiger partial charge in [-0.3, -0.25) is 14.2 Å². The number of nitriles is 1. The second-order valence-corrected chi connectivity index (χ2v) is 7.38. The predicted molar refractivity (Wildman–Crippen MR) is 118 cm³/mol. The van der Waals surface area contributed by atoms with Crippen molar-refractivity contribution in [1.29, 1.82) is 5.26 Å². The van der Waals surface area contributed by atoms with Crippen LogP contribution in [0.25, 0.3) is 10.9 Å². The van der Waals surface area contributed by atoms with Gasteiger partial charge in [0.15, 0.2) is 5.16 Å². The van der Waals surface area contributed by atoms with E-state index in [4.69, 9.17) is 10.00 Å². The number of carbonyl (C=O) groups is 1. The van der Waals surface area contributed by atoms with E-state index in [2.05, 4.69) is 11.1 Å². The molecule has 8 heteroatoms. The van der Waals surface area contributed by atoms with E-state index in [1.807, 2.05) is 36.4 Å². The van der Waals surface area contributed by atoms with Crippen LogP contribution in [0.5, 0.6) is 0 Å². The summed E-state index contributed by atoms with van der Waals surface area (Å²) in [5.74, 6) is -0.0555. The number of carbonyl (C=O) groups excluding carboxylic acids is 1. The number of methoxy groups -OCH3 is 1. The zero-order valence-corrected chi connectivity index (χ0v) is 17.5. The number of thioether (sulfide) groups is 1. The van der Waals surface area contributed by atoms with Crippen LogP contribution in [0.15, 0.2) is 64.5 Å². The molecule has 0 aliphatic carbocycles. The van der Waals surface area contributed by atoms with Crippen molar-refractivity contribution in [3.05, 3.63) is 65.0 Å². The molecule has 7 nitrogen and oxygen atoms in total. The SMILES string of the molecule is COCCn1c(SCC(=O)N(CCC#N)c2ccccc2)nc2ccccc2c1=O. The molecule has 3 rings (SSSR count). The van der Waals surface area contributed by atoms with E-state index in [0.29, 0.717) is 35.8 Å². The molecule has 0 saturated heterocycles. The minimum atomic E-state index is -0.156. The fraction of sp³-hybridized carbons (Fsp3) is 0.273. The Bertz CT molecular complexity index is 1110. The molecule has 1 amide bonds. The first-order valence-corrected chi connectivity index (χ1v) is 10.5. The van der Waals surface area contributed by atoms with E-state index in [-0.39, 0.29) is 23.6 Å². The van der Waals surface area contributed by atoms with Crippen LogP contribution < -0.4 is 10.5 Å². The van der Waals surface area contributed by atoms with Gasteiger partial charge in [0, 0.05) is 19.3 Å². The van der Waals surface area contributed by atoms with E-state index in [9.17, 15) is 9.59 Å². The normalized spacial score (nSPS) is 10.7. The predicted octanol–water partition coefficient (Wildman–Crippen LogP) is 3.08. The molecule has 0 saturated carbocycles. The highest BCUT2D eigenvalue weighted by Crippen LogP contribution is 2.21. The van der Waals surface area contributed by atoms with Crippen LogP contribution in [0.1, 0.15) is 6.42 Å². The van der Waals surface area contributed by atoms with Crippen LogP contribution in [-0.2, 0) is 16.1 Å². The first-order chi connectivity index (χ1) is 14.7. The Balaban J connectivity index is 1.86. The van der Waals surface area contributed by atoms with Crippen molar-refractivity contribution in [2.24, 2.45) is 0 Å². The van der Waals surface area contributed by atoms with Crippen LogP contribution in [0, 0.1) is 11.3 Å². The molecule has 1 heterocycles. The van der Waals surface area contributed by atoms with Gasteiger partial charge in [-0.15, -0.1) is 0 Å². The molecule has 0 spiro atoms. The van der Waals surface area contributed by atoms with Gasteiger partial charge >= 0.3 is 0 Å². The summed E-state index contributed by atoms with van der Waals surface area (Å²) in [5.41, 5.74) is 1.18. The smallest absolute Gasteiger partial charge is 0.262 e. The topological polar surface area (TPSA) is 88.2 Å². The first kappa shape index (κ1) is 21.6. The summed E-state index contributed by atoms with van der Waals surface area (Å²) in [4.78, 5) is 32.1. The third-order valence-corrected chi connectivity index (χ3v) is 5.45. The maximum absolute atomic E-state index is 13.0. The summed E-state index contributed by atoms with van der Waals surface area (Å²) in [6, 6.07) is 18.5. The zero-order valence-electron chi connectivity index (χ0n) is 16.7. The molecule has 1 aromatic heterocycles. The molecule has 30 heavy (non-hydrogen) atoms. The standard InChI is InChI=1S/C22H22N4O3S/c1-29-15-14-26-21(28)18-10-5-6-11-19(18)24-22(26)30-16-20(27)25(13-7-12-23)17-8-3-2-4-9-17/h2-6,8-11H,7,13-16H2,1H3. The third kappa shape index (κ3) is 5.06. The number of ether oxygens (including phenoxy) is 1. The Morgan fingerprint density at radius 2 is 1.93 bits per heavy atom. The van der Waals surface area contributed by atoms with E-state index in [1.165, 1.54) is 11.8 Å². The Kier molecular flexibility index (Phi) is 7.60. The van der Waals surface area contributed by atoms with Gasteiger partial charge in [-0.1, -0.05) is 42.1 Å². The van der Waals surface area contributed by atoms with Gasteiger partial charge in [-0.2, -0.15) is 5.26 Å². The number of para-hydroxylation sites is 2. The second-order valence-electron chi connectivity index (χ2n) is 6.44. The molecule has 0 bridgehead atoms. The Morgan fingerprint density at radius 1 is 1.20 bits per heavy atom. The average Bonchev–Trinajstić information content (AvgIpc) is 2.78. The third-order valence-electron chi connectivity index (χ3n) is 4.49. The number of rotatable bonds is 9. The number of nitrogens with zero attached hydrogens (tertiary/aromatic N) is 4. The fourth-order valence-corrected chi connectivity index (χ4v) is 3.91. The molecule has 0 aliphatic rings. The van der Waals surface area contributed by atoms with E-state index >= 15 is 0 Å². The van der Waals surface area contributed by atoms with Crippen molar-refractivity contribution in [2.45, 2.75) is 18.1 Å². The van der Waals surface area contributed by atoms with Crippen molar-refractivity contribution >= 4 is 34.3 Å². The lowest BCUT2D eigenvalue weighted by Crippen LogP contribution is -2.33. The van der Waals surface area contributed by atoms with Crippen molar-refractivity contribution in [2.75, 3.05) is 30.9 Å². The average molecular weight is 423 g/mol. The van der Waals surface area contributed by atoms with Crippen LogP contribution >= 0.6 is 11.8 Å². The van der Waals surface area contributed by atoms with E-state index in [1.54, 1.807) is 34.8 Å². The molecule has 154 valence electrons. The molecular formula is C22H22N4O3S. The van der Waals surface area contributed by atoms with Crippen LogP contribution in [-0.4, -0.2) is 41.5 Å². The maximum atomic E-state index is 13.0. The van der Waals surface area contributed by atoms with Gasteiger partial charge < -0.3 is 9.64 Å². The molecule has 2 aromatic carbocycles. The van der Waals surface area contributed by atoms with Gasteiger partial charge in [0.1, 0.15) is 0 Å². The van der Waals surface area contributed by atoms with Crippen LogP contribution in [0.2, 0.25) is 0 Å². The molecule has 0 atom stereocenters. The molecule has 0 radical (unpaired) electrons. The summed E-state index contributed by atoms with van der Waals surface area (Å²) in [5, 5.41) is 9.95. The van der Waals surface area contributed by atoms with Gasteiger partial charge in [-0.05, 0) is 24.3 Å². The molecular weight excluding hydrogens is 400 g/mol. The molecule has 0 unspecified atom stereocenters. The van der Waals surface area contributed by atoms with E-state index in [0.717, 1.165) is 5.69 Å². The summed E-state index contributed by atoms with van der Waals surface area (Å²) >= 11 is 1.21. The Morgan fingerprint density at radius 3 is 2.67 bits per heavy atom. The lowest BCUT2D eigenvalue weighted by Gasteiger charge is -2.22. The molecule has 0 aliphatic heterocycles. The van der Waals surface area contributed by atoms with Crippen LogP contribution in [0.3, 0.4) is 0 Å². The summed E-state index contributed by atoms with van der Waals surface area (Å²) in [6.07, 6.45) is 0.234. The molecule has 0 fully saturated rings. The number of aromatic nitrogens is 2. The number of hydrogen-bond donors (Lipinski definition) is 0. The largest absolute Gasteiger partial charge is 0.383 e. The Labute approximate surface area is 178 Å². The maximum Gasteiger partial charge on any atom is 0.262 e. The van der Waals surface area contributed by atoms with Crippen LogP contribution in [0.4, 0.5) is 5.69 Å². The van der Waals surface area contributed by atoms with Gasteiger partial charge in [0.25, 0.3) is 5.56 Å². The minimum absolute atomic E-state index is 0.0953. The summed E-state index contributed by atoms with van der Waals surface area (Å²) < 4.78 is 6.68. The summed E-state index contributed by atoms with van der Waals surface area (Å²) in [7, 11) is 1.57. The number of anilines is 1. The van der Waals surface area contributed by atoms with Gasteiger partial charge in [-0.25, -0.2) is 4.98 Å². The number of fused-ring (bicyclic) bond motifs is 1. The van der Waals surface area contributed by atoms with Gasteiger partial charge in [0.2, 0.25) is 5.91 Å². The number of benzene rings is 2. The van der Waals surface area contributed by atoms with Crippen molar-refractivity contribution < 1.29 is 9.53 Å². The molecule has 3 aromatic rings. The lowest BCUT2D eigenvalue weighted by molar-refractivity contribution is -0.116. The monoisotopic (exact) mass is 422 g/mol. The minimum Gasteiger partial charge on any atom is -0.383 e. The summed E-state index contributed by atoms with van der Waals surface area (Å²) in [6.45, 7) is 1.02. The first-order valence-electron chi connectivity index (χ1n) is 9.49. The van der Waals surface area contributed by atoms with Gasteiger partial charge in [0.05, 0.1) is 42.3 Å². The second kappa shape index (κ2) is 10.6. The van der Waals surface area contributed by atoms with Crippen molar-refractivity contribution in [3.8, 4) is 6.07 Å². The fourth-order valence-electron chi connectivity index (χ4n) is 3.01. The van der Waals surface area contributed by atoms with Crippen molar-refractivity contribution in [1.82, 2.24) is 9.55 Å². The quantitative estimate of drug-likeness (QED) is 0.389. The van der Waals surface area contributed by atoms with E-state index < -0.39 is 0 Å². The van der Waals surface area contributed by atoms with Crippen molar-refractivity contribution in [3.63, 3.8) is 0 Å². The zero-order chi connectivity index (χ0) is 21.3. The highest BCUT2D eigenvalue weighted by atomic mass is 32.2. The highest BCUT2D eigenvalue weighted by molar-refractivity contribution is 7.99. The molecule has 0 N–H and O–H groups in total. The number of hydrogen-bond acceptors (Lipinski definition) is 6. The highest BCUT2D eigenvalue weighted by Gasteiger charge is 2.18. The lowest BCUT2D eigenvalue weighted by atomic mass is 10.2.